The first-order valence-electron chi connectivity index (χ1n) is 11.2. The summed E-state index contributed by atoms with van der Waals surface area (Å²) in [5.41, 5.74) is 10.8. The molecule has 178 valence electrons. The summed E-state index contributed by atoms with van der Waals surface area (Å²) in [5, 5.41) is 3.70. The third-order valence-electron chi connectivity index (χ3n) is 5.74. The van der Waals surface area contributed by atoms with Gasteiger partial charge >= 0.3 is 0 Å². The maximum absolute atomic E-state index is 12.7. The Balaban J connectivity index is 1.44. The molecule has 0 saturated heterocycles. The fraction of sp³-hybridized carbons (Fsp3) is 0.0714. The number of anilines is 2. The van der Waals surface area contributed by atoms with Gasteiger partial charge in [0.05, 0.1) is 18.5 Å². The van der Waals surface area contributed by atoms with E-state index in [1.807, 2.05) is 37.3 Å². The number of amides is 1. The Bertz CT molecular complexity index is 1550. The van der Waals surface area contributed by atoms with Crippen LogP contribution in [0.2, 0.25) is 0 Å². The number of carbonyl (C=O) groups excluding carboxylic acids is 1. The molecular formula is C28H23N5O3. The molecule has 0 radical (unpaired) electrons. The molecule has 5 aromatic rings. The monoisotopic (exact) mass is 477 g/mol. The van der Waals surface area contributed by atoms with Crippen molar-refractivity contribution in [3.05, 3.63) is 96.6 Å². The summed E-state index contributed by atoms with van der Waals surface area (Å²) in [6, 6.07) is 21.7. The maximum atomic E-state index is 12.7. The zero-order valence-electron chi connectivity index (χ0n) is 19.7. The van der Waals surface area contributed by atoms with Gasteiger partial charge in [0.25, 0.3) is 5.91 Å². The van der Waals surface area contributed by atoms with E-state index in [1.165, 1.54) is 6.33 Å². The third-order valence-corrected chi connectivity index (χ3v) is 5.74. The molecule has 0 bridgehead atoms. The van der Waals surface area contributed by atoms with Crippen LogP contribution in [0.3, 0.4) is 0 Å². The Hall–Kier alpha value is -4.98. The maximum Gasteiger partial charge on any atom is 0.255 e. The molecule has 0 unspecified atom stereocenters. The molecular weight excluding hydrogens is 454 g/mol. The number of fused-ring (bicyclic) bond motifs is 1. The molecule has 0 saturated carbocycles. The Morgan fingerprint density at radius 3 is 2.44 bits per heavy atom. The van der Waals surface area contributed by atoms with Crippen LogP contribution in [0.15, 0.2) is 85.3 Å². The van der Waals surface area contributed by atoms with Crippen LogP contribution in [0.5, 0.6) is 17.4 Å². The fourth-order valence-corrected chi connectivity index (χ4v) is 3.78. The van der Waals surface area contributed by atoms with Crippen LogP contribution >= 0.6 is 0 Å². The Morgan fingerprint density at radius 1 is 0.917 bits per heavy atom. The van der Waals surface area contributed by atoms with Gasteiger partial charge in [-0.1, -0.05) is 12.1 Å². The lowest BCUT2D eigenvalue weighted by Gasteiger charge is -2.13. The van der Waals surface area contributed by atoms with E-state index in [4.69, 9.17) is 15.2 Å². The quantitative estimate of drug-likeness (QED) is 0.305. The standard InChI is InChI=1S/C28H23N5O3/c1-17-22-13-20(19-9-12-26(35-2)30-15-19)14-25(27(22)32-16-31-17)36-21-10-7-18(8-11-21)28(34)33-24-6-4-3-5-23(24)29/h3-16H,29H2,1-2H3,(H,33,34). The average molecular weight is 478 g/mol. The first-order valence-corrected chi connectivity index (χ1v) is 11.2. The van der Waals surface area contributed by atoms with Gasteiger partial charge in [0, 0.05) is 34.5 Å². The van der Waals surface area contributed by atoms with Gasteiger partial charge in [0.2, 0.25) is 5.88 Å². The Morgan fingerprint density at radius 2 is 1.72 bits per heavy atom. The van der Waals surface area contributed by atoms with Gasteiger partial charge in [0.1, 0.15) is 17.6 Å². The molecule has 36 heavy (non-hydrogen) atoms. The summed E-state index contributed by atoms with van der Waals surface area (Å²) < 4.78 is 11.4. The summed E-state index contributed by atoms with van der Waals surface area (Å²) in [6.45, 7) is 1.93. The molecule has 5 rings (SSSR count). The highest BCUT2D eigenvalue weighted by Crippen LogP contribution is 2.35. The minimum absolute atomic E-state index is 0.262. The van der Waals surface area contributed by atoms with Crippen LogP contribution in [0, 0.1) is 6.92 Å². The molecule has 0 spiro atoms. The highest BCUT2D eigenvalue weighted by atomic mass is 16.5. The summed E-state index contributed by atoms with van der Waals surface area (Å²) in [6.07, 6.45) is 3.26. The second-order valence-corrected chi connectivity index (χ2v) is 8.09. The van der Waals surface area contributed by atoms with Crippen LogP contribution in [0.1, 0.15) is 16.1 Å². The first-order chi connectivity index (χ1) is 17.5. The predicted octanol–water partition coefficient (Wildman–Crippen LogP) is 5.64. The molecule has 0 fully saturated rings. The van der Waals surface area contributed by atoms with E-state index in [0.29, 0.717) is 39.8 Å². The van der Waals surface area contributed by atoms with E-state index in [-0.39, 0.29) is 5.91 Å². The number of nitrogens with zero attached hydrogens (tertiary/aromatic N) is 3. The number of aryl methyl sites for hydroxylation is 1. The molecule has 1 amide bonds. The number of carbonyl (C=O) groups is 1. The van der Waals surface area contributed by atoms with Crippen LogP contribution in [-0.4, -0.2) is 28.0 Å². The third kappa shape index (κ3) is 4.65. The molecule has 8 heteroatoms. The number of ether oxygens (including phenoxy) is 2. The number of methoxy groups -OCH3 is 1. The lowest BCUT2D eigenvalue weighted by molar-refractivity contribution is 0.102. The van der Waals surface area contributed by atoms with Crippen molar-refractivity contribution in [3.8, 4) is 28.5 Å². The number of rotatable bonds is 6. The van der Waals surface area contributed by atoms with E-state index < -0.39 is 0 Å². The van der Waals surface area contributed by atoms with E-state index in [1.54, 1.807) is 55.8 Å². The lowest BCUT2D eigenvalue weighted by atomic mass is 10.0. The predicted molar refractivity (Wildman–Crippen MR) is 139 cm³/mol. The van der Waals surface area contributed by atoms with Crippen LogP contribution in [0.4, 0.5) is 11.4 Å². The second-order valence-electron chi connectivity index (χ2n) is 8.09. The van der Waals surface area contributed by atoms with Gasteiger partial charge in [0.15, 0.2) is 5.75 Å². The summed E-state index contributed by atoms with van der Waals surface area (Å²) in [4.78, 5) is 25.8. The molecule has 3 N–H and O–H groups in total. The van der Waals surface area contributed by atoms with Crippen LogP contribution in [0.25, 0.3) is 22.0 Å². The topological polar surface area (TPSA) is 112 Å². The van der Waals surface area contributed by atoms with Gasteiger partial charge in [-0.05, 0) is 67.1 Å². The highest BCUT2D eigenvalue weighted by molar-refractivity contribution is 6.05. The van der Waals surface area contributed by atoms with Crippen LogP contribution < -0.4 is 20.5 Å². The number of nitrogens with one attached hydrogen (secondary N) is 1. The van der Waals surface area contributed by atoms with E-state index in [2.05, 4.69) is 20.3 Å². The molecule has 0 aliphatic heterocycles. The molecule has 2 aromatic heterocycles. The number of hydrogen-bond acceptors (Lipinski definition) is 7. The van der Waals surface area contributed by atoms with Crippen molar-refractivity contribution < 1.29 is 14.3 Å². The first kappa shape index (κ1) is 22.8. The van der Waals surface area contributed by atoms with E-state index in [9.17, 15) is 4.79 Å². The van der Waals surface area contributed by atoms with Crippen LogP contribution in [-0.2, 0) is 0 Å². The minimum Gasteiger partial charge on any atom is -0.481 e. The van der Waals surface area contributed by atoms with Crippen molar-refractivity contribution in [2.24, 2.45) is 0 Å². The Kier molecular flexibility index (Phi) is 6.15. The number of aromatic nitrogens is 3. The number of nitrogens with two attached hydrogens (primary N) is 1. The Labute approximate surface area is 207 Å². The smallest absolute Gasteiger partial charge is 0.255 e. The molecule has 0 atom stereocenters. The fourth-order valence-electron chi connectivity index (χ4n) is 3.78. The highest BCUT2D eigenvalue weighted by Gasteiger charge is 2.13. The average Bonchev–Trinajstić information content (AvgIpc) is 2.91. The van der Waals surface area contributed by atoms with E-state index >= 15 is 0 Å². The molecule has 8 nitrogen and oxygen atoms in total. The largest absolute Gasteiger partial charge is 0.481 e. The van der Waals surface area contributed by atoms with Crippen molar-refractivity contribution in [2.75, 3.05) is 18.2 Å². The SMILES string of the molecule is COc1ccc(-c2cc(Oc3ccc(C(=O)Nc4ccccc4N)cc3)c3ncnc(C)c3c2)cn1. The zero-order chi connectivity index (χ0) is 25.1. The molecule has 3 aromatic carbocycles. The minimum atomic E-state index is -0.262. The lowest BCUT2D eigenvalue weighted by Crippen LogP contribution is -2.12. The van der Waals surface area contributed by atoms with Crippen molar-refractivity contribution in [3.63, 3.8) is 0 Å². The number of hydrogen-bond donors (Lipinski definition) is 2. The zero-order valence-corrected chi connectivity index (χ0v) is 19.7. The second kappa shape index (κ2) is 9.71. The number of nitrogen functional groups attached to an aromatic ring is 1. The summed E-state index contributed by atoms with van der Waals surface area (Å²) in [5.74, 6) is 1.41. The van der Waals surface area contributed by atoms with Gasteiger partial charge in [-0.25, -0.2) is 15.0 Å². The molecule has 0 aliphatic carbocycles. The molecule has 2 heterocycles. The normalized spacial score (nSPS) is 10.7. The number of para-hydroxylation sites is 2. The summed E-state index contributed by atoms with van der Waals surface area (Å²) >= 11 is 0. The van der Waals surface area contributed by atoms with E-state index in [0.717, 1.165) is 22.2 Å². The van der Waals surface area contributed by atoms with Crippen molar-refractivity contribution in [1.29, 1.82) is 0 Å². The van der Waals surface area contributed by atoms with Crippen molar-refractivity contribution in [1.82, 2.24) is 15.0 Å². The van der Waals surface area contributed by atoms with Gasteiger partial charge in [-0.15, -0.1) is 0 Å². The van der Waals surface area contributed by atoms with Crippen molar-refractivity contribution in [2.45, 2.75) is 6.92 Å². The summed E-state index contributed by atoms with van der Waals surface area (Å²) in [7, 11) is 1.58. The number of benzene rings is 3. The van der Waals surface area contributed by atoms with Gasteiger partial charge in [-0.3, -0.25) is 4.79 Å². The number of pyridine rings is 1. The van der Waals surface area contributed by atoms with Crippen molar-refractivity contribution >= 4 is 28.2 Å². The molecule has 0 aliphatic rings. The van der Waals surface area contributed by atoms with Gasteiger partial charge < -0.3 is 20.5 Å². The van der Waals surface area contributed by atoms with Gasteiger partial charge in [-0.2, -0.15) is 0 Å².